The predicted molar refractivity (Wildman–Crippen MR) is 73.3 cm³/mol. The average Bonchev–Trinajstić information content (AvgIpc) is 2.42. The second kappa shape index (κ2) is 7.40. The van der Waals surface area contributed by atoms with Gasteiger partial charge in [-0.25, -0.2) is 13.1 Å². The molecule has 126 valence electrons. The predicted octanol–water partition coefficient (Wildman–Crippen LogP) is -2.63. The summed E-state index contributed by atoms with van der Waals surface area (Å²) < 4.78 is 26.1. The number of carboxylic acid groups (broad SMARTS) is 2. The Morgan fingerprint density at radius 3 is 2.35 bits per heavy atom. The second-order valence-corrected chi connectivity index (χ2v) is 6.52. The lowest BCUT2D eigenvalue weighted by Crippen LogP contribution is -2.48. The van der Waals surface area contributed by atoms with Gasteiger partial charge in [-0.15, -0.1) is 0 Å². The number of carboxylic acids is 2. The Morgan fingerprint density at radius 2 is 1.87 bits per heavy atom. The molecule has 1 aromatic carbocycles. The Kier molecular flexibility index (Phi) is 6.07. The minimum absolute atomic E-state index is 0.325. The molecule has 0 unspecified atom stereocenters. The monoisotopic (exact) mass is 362 g/mol. The molecule has 0 aromatic heterocycles. The molecule has 9 nitrogen and oxygen atoms in total. The first-order valence-corrected chi connectivity index (χ1v) is 7.93. The Balaban J connectivity index is 3.14. The highest BCUT2D eigenvalue weighted by Crippen LogP contribution is 2.23. The summed E-state index contributed by atoms with van der Waals surface area (Å²) in [6.45, 7) is 0. The van der Waals surface area contributed by atoms with E-state index in [0.29, 0.717) is 0 Å². The summed E-state index contributed by atoms with van der Waals surface area (Å²) in [6.07, 6.45) is -0.831. The number of amides is 1. The van der Waals surface area contributed by atoms with E-state index < -0.39 is 57.2 Å². The number of benzene rings is 1. The van der Waals surface area contributed by atoms with E-state index in [1.807, 2.05) is 0 Å². The van der Waals surface area contributed by atoms with Crippen molar-refractivity contribution in [3.63, 3.8) is 0 Å². The van der Waals surface area contributed by atoms with Crippen LogP contribution in [0.5, 0.6) is 0 Å². The zero-order valence-electron chi connectivity index (χ0n) is 11.4. The van der Waals surface area contributed by atoms with E-state index >= 15 is 0 Å². The van der Waals surface area contributed by atoms with Gasteiger partial charge in [0.25, 0.3) is 0 Å². The van der Waals surface area contributed by atoms with Gasteiger partial charge in [-0.1, -0.05) is 17.7 Å². The van der Waals surface area contributed by atoms with Crippen molar-refractivity contribution >= 4 is 39.5 Å². The normalized spacial score (nSPS) is 12.6. The van der Waals surface area contributed by atoms with Crippen LogP contribution < -0.4 is 20.7 Å². The van der Waals surface area contributed by atoms with E-state index in [2.05, 4.69) is 0 Å². The first kappa shape index (κ1) is 18.9. The molecule has 0 aliphatic carbocycles. The molecule has 3 N–H and O–H groups in total. The van der Waals surface area contributed by atoms with E-state index in [1.165, 1.54) is 0 Å². The van der Waals surface area contributed by atoms with E-state index in [0.717, 1.165) is 18.2 Å². The van der Waals surface area contributed by atoms with Crippen molar-refractivity contribution in [2.75, 3.05) is 0 Å². The van der Waals surface area contributed by atoms with Gasteiger partial charge >= 0.3 is 0 Å². The number of sulfonamides is 1. The molecule has 0 bridgehead atoms. The van der Waals surface area contributed by atoms with Gasteiger partial charge in [0.15, 0.2) is 0 Å². The van der Waals surface area contributed by atoms with Crippen molar-refractivity contribution in [2.45, 2.75) is 23.8 Å². The third-order valence-electron chi connectivity index (χ3n) is 2.72. The van der Waals surface area contributed by atoms with Crippen molar-refractivity contribution in [3.05, 3.63) is 28.8 Å². The van der Waals surface area contributed by atoms with Crippen LogP contribution in [-0.4, -0.2) is 32.3 Å². The van der Waals surface area contributed by atoms with Gasteiger partial charge in [-0.3, -0.25) is 4.79 Å². The topological polar surface area (TPSA) is 170 Å². The molecule has 0 radical (unpaired) electrons. The largest absolute Gasteiger partial charge is 0.548 e. The molecule has 1 rings (SSSR count). The molecule has 0 aliphatic heterocycles. The van der Waals surface area contributed by atoms with Crippen LogP contribution in [0.1, 0.15) is 23.2 Å². The van der Waals surface area contributed by atoms with Crippen LogP contribution in [0.2, 0.25) is 5.02 Å². The molecule has 1 atom stereocenters. The molecule has 0 heterocycles. The van der Waals surface area contributed by atoms with Gasteiger partial charge < -0.3 is 25.5 Å². The van der Waals surface area contributed by atoms with Crippen molar-refractivity contribution < 1.29 is 33.0 Å². The fourth-order valence-corrected chi connectivity index (χ4v) is 3.34. The number of aliphatic carboxylic acids is 1. The summed E-state index contributed by atoms with van der Waals surface area (Å²) in [7, 11) is -4.49. The van der Waals surface area contributed by atoms with Gasteiger partial charge in [0, 0.05) is 6.42 Å². The van der Waals surface area contributed by atoms with Gasteiger partial charge in [0.1, 0.15) is 4.90 Å². The molecule has 0 spiro atoms. The summed E-state index contributed by atoms with van der Waals surface area (Å²) in [4.78, 5) is 31.8. The molecule has 11 heteroatoms. The quantitative estimate of drug-likeness (QED) is 0.509. The molecule has 0 saturated carbocycles. The molecule has 1 aromatic rings. The third-order valence-corrected chi connectivity index (χ3v) is 4.67. The van der Waals surface area contributed by atoms with Crippen LogP contribution in [0.25, 0.3) is 0 Å². The molecular weight excluding hydrogens is 352 g/mol. The lowest BCUT2D eigenvalue weighted by Gasteiger charge is -2.20. The molecule has 1 amide bonds. The van der Waals surface area contributed by atoms with E-state index in [4.69, 9.17) is 17.3 Å². The Hall–Kier alpha value is -2.17. The maximum atomic E-state index is 12.2. The number of hydrogen-bond acceptors (Lipinski definition) is 7. The number of rotatable bonds is 8. The standard InChI is InChI=1S/C12H13ClN2O7S/c13-7-2-1-6(11(17)18)5-9(7)23(21,22)15-8(12(19)20)3-4-10(14)16/h1-2,5,8,15H,3-4H2,(H2,14,16)(H,17,18)(H,19,20)/p-2/t8-/m1/s1. The SMILES string of the molecule is NC(=O)CC[C@@H](NS(=O)(=O)c1cc(C(=O)[O-])ccc1Cl)C(=O)[O-]. The number of aromatic carboxylic acids is 1. The number of hydrogen-bond donors (Lipinski definition) is 2. The van der Waals surface area contributed by atoms with Crippen LogP contribution in [0.4, 0.5) is 0 Å². The maximum absolute atomic E-state index is 12.2. The summed E-state index contributed by atoms with van der Waals surface area (Å²) in [5.74, 6) is -4.24. The van der Waals surface area contributed by atoms with Crippen molar-refractivity contribution in [3.8, 4) is 0 Å². The van der Waals surface area contributed by atoms with E-state index in [1.54, 1.807) is 4.72 Å². The highest BCUT2D eigenvalue weighted by Gasteiger charge is 2.24. The van der Waals surface area contributed by atoms with Crippen LogP contribution in [0.3, 0.4) is 0 Å². The third kappa shape index (κ3) is 5.20. The van der Waals surface area contributed by atoms with E-state index in [-0.39, 0.29) is 5.02 Å². The van der Waals surface area contributed by atoms with E-state index in [9.17, 15) is 33.0 Å². The highest BCUT2D eigenvalue weighted by atomic mass is 35.5. The van der Waals surface area contributed by atoms with Crippen molar-refractivity contribution in [2.24, 2.45) is 5.73 Å². The van der Waals surface area contributed by atoms with Crippen LogP contribution >= 0.6 is 11.6 Å². The van der Waals surface area contributed by atoms with Crippen LogP contribution in [-0.2, 0) is 19.6 Å². The molecular formula is C12H11ClN2O7S-2. The minimum Gasteiger partial charge on any atom is -0.548 e. The van der Waals surface area contributed by atoms with Gasteiger partial charge in [-0.2, -0.15) is 0 Å². The van der Waals surface area contributed by atoms with Gasteiger partial charge in [0.2, 0.25) is 15.9 Å². The van der Waals surface area contributed by atoms with Crippen molar-refractivity contribution in [1.82, 2.24) is 4.72 Å². The lowest BCUT2D eigenvalue weighted by atomic mass is 10.2. The van der Waals surface area contributed by atoms with Crippen LogP contribution in [0.15, 0.2) is 23.1 Å². The fraction of sp³-hybridized carbons (Fsp3) is 0.250. The molecule has 0 fully saturated rings. The zero-order valence-corrected chi connectivity index (χ0v) is 13.0. The number of nitrogens with one attached hydrogen (secondary N) is 1. The summed E-state index contributed by atoms with van der Waals surface area (Å²) in [5, 5.41) is 21.4. The number of carbonyl (C=O) groups excluding carboxylic acids is 3. The average molecular weight is 363 g/mol. The molecule has 23 heavy (non-hydrogen) atoms. The van der Waals surface area contributed by atoms with Crippen LogP contribution in [0, 0.1) is 0 Å². The minimum atomic E-state index is -4.49. The summed E-state index contributed by atoms with van der Waals surface area (Å²) >= 11 is 5.71. The maximum Gasteiger partial charge on any atom is 0.242 e. The summed E-state index contributed by atoms with van der Waals surface area (Å²) in [6, 6.07) is 1.02. The number of halogens is 1. The molecule has 0 aliphatic rings. The van der Waals surface area contributed by atoms with Gasteiger partial charge in [-0.05, 0) is 24.1 Å². The molecule has 0 saturated heterocycles. The highest BCUT2D eigenvalue weighted by molar-refractivity contribution is 7.89. The fourth-order valence-electron chi connectivity index (χ4n) is 1.60. The smallest absolute Gasteiger partial charge is 0.242 e. The Labute approximate surface area is 136 Å². The number of carbonyl (C=O) groups is 3. The Morgan fingerprint density at radius 1 is 1.26 bits per heavy atom. The second-order valence-electron chi connectivity index (χ2n) is 4.43. The first-order valence-electron chi connectivity index (χ1n) is 6.07. The summed E-state index contributed by atoms with van der Waals surface area (Å²) in [5.41, 5.74) is 4.41. The zero-order chi connectivity index (χ0) is 17.8. The Bertz CT molecular complexity index is 748. The van der Waals surface area contributed by atoms with Crippen molar-refractivity contribution in [1.29, 1.82) is 0 Å². The number of primary amides is 1. The number of nitrogens with two attached hydrogens (primary N) is 1. The van der Waals surface area contributed by atoms with Gasteiger partial charge in [0.05, 0.1) is 23.0 Å². The first-order chi connectivity index (χ1) is 10.5. The lowest BCUT2D eigenvalue weighted by molar-refractivity contribution is -0.308.